The van der Waals surface area contributed by atoms with E-state index < -0.39 is 0 Å². The molecule has 7 rings (SSSR count). The van der Waals surface area contributed by atoms with Crippen molar-refractivity contribution in [2.45, 2.75) is 124 Å². The molecular formula is C56H76KN7O3-2. The molecule has 67 heavy (non-hydrogen) atoms. The largest absolute Gasteiger partial charge is 1.00 e. The number of unbranched alkanes of at least 4 members (excludes halogenated alkanes) is 1. The number of piperidine rings is 1. The van der Waals surface area contributed by atoms with Crippen LogP contribution < -0.4 is 72.9 Å². The van der Waals surface area contributed by atoms with E-state index in [0.717, 1.165) is 86.0 Å². The molecule has 0 saturated carbocycles. The number of amides is 1. The first-order valence-corrected chi connectivity index (χ1v) is 24.4. The molecule has 0 radical (unpaired) electrons. The van der Waals surface area contributed by atoms with Gasteiger partial charge in [-0.25, -0.2) is 5.43 Å². The summed E-state index contributed by atoms with van der Waals surface area (Å²) in [5, 5.41) is 6.10. The molecule has 356 valence electrons. The van der Waals surface area contributed by atoms with Gasteiger partial charge in [-0.1, -0.05) is 101 Å². The second-order valence-corrected chi connectivity index (χ2v) is 18.3. The number of nitrogens with zero attached hydrogens (tertiary/aromatic N) is 3. The fourth-order valence-corrected chi connectivity index (χ4v) is 9.35. The number of nitrogens with one attached hydrogen (secondary N) is 4. The number of rotatable bonds is 20. The Kier molecular flexibility index (Phi) is 24.7. The number of hydrogen-bond acceptors (Lipinski definition) is 9. The molecule has 3 aromatic carbocycles. The second-order valence-electron chi connectivity index (χ2n) is 18.3. The van der Waals surface area contributed by atoms with E-state index in [2.05, 4.69) is 119 Å². The minimum Gasteiger partial charge on any atom is -0.380 e. The Morgan fingerprint density at radius 2 is 1.72 bits per heavy atom. The molecule has 1 amide bonds. The van der Waals surface area contributed by atoms with E-state index in [9.17, 15) is 14.4 Å². The Bertz CT molecular complexity index is 2180. The van der Waals surface area contributed by atoms with Crippen molar-refractivity contribution in [2.75, 3.05) is 56.6 Å². The van der Waals surface area contributed by atoms with Crippen LogP contribution in [0.4, 0.5) is 11.4 Å². The summed E-state index contributed by atoms with van der Waals surface area (Å²) in [6.07, 6.45) is 22.4. The molecule has 4 heterocycles. The van der Waals surface area contributed by atoms with Gasteiger partial charge in [0.15, 0.2) is 11.6 Å². The van der Waals surface area contributed by atoms with E-state index in [1.807, 2.05) is 30.3 Å². The van der Waals surface area contributed by atoms with Crippen LogP contribution >= 0.6 is 0 Å². The monoisotopic (exact) mass is 934 g/mol. The average molecular weight is 934 g/mol. The first-order chi connectivity index (χ1) is 31.6. The van der Waals surface area contributed by atoms with Crippen molar-refractivity contribution < 1.29 is 65.8 Å². The fourth-order valence-electron chi connectivity index (χ4n) is 9.35. The van der Waals surface area contributed by atoms with Gasteiger partial charge in [0.1, 0.15) is 6.04 Å². The van der Waals surface area contributed by atoms with E-state index in [1.165, 1.54) is 79.4 Å². The third-order valence-electron chi connectivity index (χ3n) is 13.3. The zero-order chi connectivity index (χ0) is 46.0. The average Bonchev–Trinajstić information content (AvgIpc) is 3.74. The number of carbonyl (C=O) groups excluding carboxylic acids is 3. The van der Waals surface area contributed by atoms with Gasteiger partial charge in [0.2, 0.25) is 5.91 Å². The quantitative estimate of drug-likeness (QED) is 0.0408. The standard InChI is InChI=1S/C28H28N4O.C27H45N3O2.CH3.K/c1-20(33)21-4-6-22(7-5-21)23-11-15-32(16-12-23)14-2-3-25-18-29-13-10-27(25)24-8-9-28-26(17-24)19-30-31-28;1-5-8-16-30(20-22(9-6-2)10-7-3)17-15-23-18-24(12-11-21(23)4)29-26-14-13-25(31)19-28-27(26)32;;/h3-10,13,17,23,30-31H,11-12,14-16,19H2,1H3;11-12,18,22,26,29H,5-10,13-17,19-20H2,1-4H3,(H,28,32);1H3;/q-2;;-1;+1. The van der Waals surface area contributed by atoms with E-state index in [-0.39, 0.29) is 88.9 Å². The molecule has 3 aliphatic heterocycles. The molecule has 0 spiro atoms. The third kappa shape index (κ3) is 17.4. The number of pyridine rings is 1. The molecule has 4 aromatic rings. The van der Waals surface area contributed by atoms with Crippen LogP contribution in [0.25, 0.3) is 17.2 Å². The molecule has 4 N–H and O–H groups in total. The summed E-state index contributed by atoms with van der Waals surface area (Å²) >= 11 is 0. The van der Waals surface area contributed by atoms with Crippen LogP contribution in [-0.2, 0) is 22.6 Å². The van der Waals surface area contributed by atoms with Gasteiger partial charge in [-0.15, -0.1) is 12.3 Å². The Balaban J connectivity index is 0.000000284. The predicted octanol–water partition coefficient (Wildman–Crippen LogP) is 7.45. The number of aryl methyl sites for hydroxylation is 1. The van der Waals surface area contributed by atoms with Crippen LogP contribution in [0, 0.1) is 32.5 Å². The third-order valence-corrected chi connectivity index (χ3v) is 13.3. The number of Topliss-reactive ketones (excluding diaryl/α,β-unsaturated/α-hetero) is 2. The van der Waals surface area contributed by atoms with Gasteiger partial charge < -0.3 is 50.4 Å². The minimum absolute atomic E-state index is 0. The number of fused-ring (bicyclic) bond motifs is 1. The molecule has 0 aliphatic carbocycles. The van der Waals surface area contributed by atoms with Gasteiger partial charge >= 0.3 is 51.4 Å². The van der Waals surface area contributed by atoms with E-state index in [0.29, 0.717) is 18.8 Å². The number of ketones is 2. The minimum atomic E-state index is -0.345. The van der Waals surface area contributed by atoms with Crippen LogP contribution in [0.1, 0.15) is 136 Å². The van der Waals surface area contributed by atoms with Crippen molar-refractivity contribution in [1.82, 2.24) is 25.5 Å². The topological polar surface area (TPSA) is 119 Å². The second kappa shape index (κ2) is 29.5. The van der Waals surface area contributed by atoms with Crippen molar-refractivity contribution in [3.8, 4) is 11.1 Å². The summed E-state index contributed by atoms with van der Waals surface area (Å²) in [4.78, 5) is 44.8. The maximum absolute atomic E-state index is 12.3. The van der Waals surface area contributed by atoms with Gasteiger partial charge in [-0.05, 0) is 131 Å². The van der Waals surface area contributed by atoms with Gasteiger partial charge in [-0.3, -0.25) is 19.9 Å². The molecule has 1 unspecified atom stereocenters. The van der Waals surface area contributed by atoms with Crippen LogP contribution in [0.5, 0.6) is 0 Å². The molecule has 1 aromatic heterocycles. The van der Waals surface area contributed by atoms with Crippen LogP contribution in [0.3, 0.4) is 0 Å². The maximum atomic E-state index is 12.3. The summed E-state index contributed by atoms with van der Waals surface area (Å²) in [5.74, 6) is 1.50. The number of hydrogen-bond donors (Lipinski definition) is 4. The van der Waals surface area contributed by atoms with E-state index in [1.54, 1.807) is 13.1 Å². The van der Waals surface area contributed by atoms with Crippen molar-refractivity contribution in [3.63, 3.8) is 0 Å². The Hall–Kier alpha value is -3.52. The fraction of sp³-hybridized carbons (Fsp3) is 0.482. The maximum Gasteiger partial charge on any atom is 1.00 e. The molecular weight excluding hydrogens is 858 g/mol. The first kappa shape index (κ1) is 56.1. The SMILES string of the molecule is CC(=O)c1ccc(C2CCN(C[C-]=Cc3[c-]nccc3-c3ccc4c(c3)CNN4)CC2)cc1.CCCCN(CCc1cc(NC2CCC(=O)CNC2=O)ccc1C)CC(CCC)CCC.[CH3-].[K+]. The normalized spacial score (nSPS) is 16.3. The molecule has 2 saturated heterocycles. The molecule has 2 fully saturated rings. The molecule has 0 bridgehead atoms. The first-order valence-electron chi connectivity index (χ1n) is 24.4. The van der Waals surface area contributed by atoms with Crippen molar-refractivity contribution in [1.29, 1.82) is 0 Å². The summed E-state index contributed by atoms with van der Waals surface area (Å²) in [6, 6.07) is 22.7. The van der Waals surface area contributed by atoms with Crippen molar-refractivity contribution in [2.24, 2.45) is 5.92 Å². The summed E-state index contributed by atoms with van der Waals surface area (Å²) in [6.45, 7) is 18.0. The summed E-state index contributed by atoms with van der Waals surface area (Å²) in [7, 11) is 0. The number of carbonyl (C=O) groups is 3. The summed E-state index contributed by atoms with van der Waals surface area (Å²) < 4.78 is 0. The van der Waals surface area contributed by atoms with Crippen LogP contribution in [-0.4, -0.2) is 84.1 Å². The Labute approximate surface area is 445 Å². The van der Waals surface area contributed by atoms with Gasteiger partial charge in [0.25, 0.3) is 0 Å². The zero-order valence-corrected chi connectivity index (χ0v) is 44.9. The number of hydrazine groups is 1. The summed E-state index contributed by atoms with van der Waals surface area (Å²) in [5.41, 5.74) is 17.7. The molecule has 11 heteroatoms. The van der Waals surface area contributed by atoms with E-state index in [4.69, 9.17) is 0 Å². The molecule has 10 nitrogen and oxygen atoms in total. The van der Waals surface area contributed by atoms with Gasteiger partial charge in [-0.2, -0.15) is 5.56 Å². The number of benzene rings is 3. The smallest absolute Gasteiger partial charge is 0.380 e. The zero-order valence-electron chi connectivity index (χ0n) is 41.7. The predicted molar refractivity (Wildman–Crippen MR) is 272 cm³/mol. The molecule has 3 aliphatic rings. The van der Waals surface area contributed by atoms with Crippen LogP contribution in [0.15, 0.2) is 72.9 Å². The van der Waals surface area contributed by atoms with Crippen LogP contribution in [0.2, 0.25) is 0 Å². The van der Waals surface area contributed by atoms with E-state index >= 15 is 0 Å². The number of aromatic nitrogens is 1. The number of anilines is 2. The van der Waals surface area contributed by atoms with Gasteiger partial charge in [0, 0.05) is 37.3 Å². The van der Waals surface area contributed by atoms with Crippen molar-refractivity contribution >= 4 is 34.9 Å². The number of likely N-dealkylation sites (tertiary alicyclic amines) is 1. The Morgan fingerprint density at radius 1 is 0.955 bits per heavy atom. The van der Waals surface area contributed by atoms with Crippen molar-refractivity contribution in [3.05, 3.63) is 126 Å². The molecule has 1 atom stereocenters. The van der Waals surface area contributed by atoms with Gasteiger partial charge in [0.05, 0.1) is 12.2 Å². The Morgan fingerprint density at radius 3 is 2.43 bits per heavy atom.